The molecule has 2 aromatic rings. The van der Waals surface area contributed by atoms with E-state index in [1.165, 1.54) is 11.1 Å². The molecule has 0 amide bonds. The van der Waals surface area contributed by atoms with Crippen molar-refractivity contribution in [2.75, 3.05) is 19.8 Å². The maximum atomic E-state index is 9.09. The Morgan fingerprint density at radius 2 is 1.59 bits per heavy atom. The molecule has 1 heterocycles. The zero-order valence-corrected chi connectivity index (χ0v) is 19.7. The molecule has 6 nitrogen and oxygen atoms in total. The second kappa shape index (κ2) is 10.7. The maximum Gasteiger partial charge on any atom is 0.157 e. The van der Waals surface area contributed by atoms with Crippen molar-refractivity contribution in [3.8, 4) is 11.5 Å². The summed E-state index contributed by atoms with van der Waals surface area (Å²) in [6.07, 6.45) is 2.42. The summed E-state index contributed by atoms with van der Waals surface area (Å²) >= 11 is 0. The molecule has 32 heavy (non-hydrogen) atoms. The van der Waals surface area contributed by atoms with E-state index in [0.29, 0.717) is 19.1 Å². The van der Waals surface area contributed by atoms with Gasteiger partial charge in [-0.15, -0.1) is 0 Å². The van der Waals surface area contributed by atoms with Crippen LogP contribution in [0.5, 0.6) is 11.5 Å². The quantitative estimate of drug-likeness (QED) is 0.359. The van der Waals surface area contributed by atoms with Crippen LogP contribution < -0.4 is 15.2 Å². The van der Waals surface area contributed by atoms with Gasteiger partial charge in [0.05, 0.1) is 31.5 Å². The molecule has 0 aromatic heterocycles. The lowest BCUT2D eigenvalue weighted by Gasteiger charge is -2.30. The van der Waals surface area contributed by atoms with Gasteiger partial charge in [-0.3, -0.25) is 5.73 Å². The van der Waals surface area contributed by atoms with Gasteiger partial charge in [-0.05, 0) is 69.5 Å². The Morgan fingerprint density at radius 1 is 1.03 bits per heavy atom. The topological polar surface area (TPSA) is 86.5 Å². The fourth-order valence-electron chi connectivity index (χ4n) is 3.51. The third-order valence-electron chi connectivity index (χ3n) is 5.41. The third-order valence-corrected chi connectivity index (χ3v) is 5.41. The summed E-state index contributed by atoms with van der Waals surface area (Å²) in [5.74, 6) is 1.50. The van der Waals surface area contributed by atoms with E-state index in [9.17, 15) is 0 Å². The van der Waals surface area contributed by atoms with Crippen molar-refractivity contribution in [3.63, 3.8) is 0 Å². The number of aliphatic hydroxyl groups is 1. The van der Waals surface area contributed by atoms with Gasteiger partial charge in [0.25, 0.3) is 0 Å². The van der Waals surface area contributed by atoms with Crippen molar-refractivity contribution >= 4 is 0 Å². The lowest BCUT2D eigenvalue weighted by Crippen LogP contribution is -2.44. The largest absolute Gasteiger partial charge is 0.488 e. The zero-order valence-electron chi connectivity index (χ0n) is 19.7. The van der Waals surface area contributed by atoms with Gasteiger partial charge in [-0.1, -0.05) is 24.3 Å². The molecule has 1 aliphatic heterocycles. The predicted molar refractivity (Wildman–Crippen MR) is 125 cm³/mol. The highest BCUT2D eigenvalue weighted by Crippen LogP contribution is 2.26. The van der Waals surface area contributed by atoms with Gasteiger partial charge in [0.1, 0.15) is 17.6 Å². The summed E-state index contributed by atoms with van der Waals surface area (Å²) in [6, 6.07) is 16.0. The molecule has 1 aliphatic rings. The van der Waals surface area contributed by atoms with Gasteiger partial charge in [0, 0.05) is 12.8 Å². The number of rotatable bonds is 13. The maximum absolute atomic E-state index is 9.09. The highest BCUT2D eigenvalue weighted by molar-refractivity contribution is 5.34. The van der Waals surface area contributed by atoms with Crippen LogP contribution in [-0.2, 0) is 15.9 Å². The fraction of sp³-hybridized carbons (Fsp3) is 0.538. The Morgan fingerprint density at radius 3 is 2.12 bits per heavy atom. The van der Waals surface area contributed by atoms with Crippen molar-refractivity contribution < 1.29 is 24.1 Å². The van der Waals surface area contributed by atoms with Crippen molar-refractivity contribution in [3.05, 3.63) is 59.7 Å². The average Bonchev–Trinajstić information content (AvgIpc) is 3.53. The molecule has 0 radical (unpaired) electrons. The van der Waals surface area contributed by atoms with Gasteiger partial charge >= 0.3 is 0 Å². The Bertz CT molecular complexity index is 828. The molecular formula is C26H37NO5. The van der Waals surface area contributed by atoms with Gasteiger partial charge in [-0.25, -0.2) is 0 Å². The lowest BCUT2D eigenvalue weighted by molar-refractivity contribution is -0.0502. The SMILES string of the molecule is CC(CO)Oc1ccc(Cc2ccc(OC(C)(N)CCOC(C)(C)CC3CO3)cc2)cc1. The number of hydrogen-bond donors (Lipinski definition) is 2. The first-order chi connectivity index (χ1) is 15.1. The van der Waals surface area contributed by atoms with E-state index in [2.05, 4.69) is 26.0 Å². The summed E-state index contributed by atoms with van der Waals surface area (Å²) in [6.45, 7) is 9.24. The fourth-order valence-corrected chi connectivity index (χ4v) is 3.51. The van der Waals surface area contributed by atoms with Crippen LogP contribution >= 0.6 is 0 Å². The minimum Gasteiger partial charge on any atom is -0.488 e. The number of ether oxygens (including phenoxy) is 4. The highest BCUT2D eigenvalue weighted by atomic mass is 16.6. The van der Waals surface area contributed by atoms with Crippen molar-refractivity contribution in [2.24, 2.45) is 5.73 Å². The Labute approximate surface area is 191 Å². The summed E-state index contributed by atoms with van der Waals surface area (Å²) in [5, 5.41) is 9.09. The van der Waals surface area contributed by atoms with Crippen LogP contribution in [-0.4, -0.2) is 48.5 Å². The van der Waals surface area contributed by atoms with Crippen LogP contribution in [0, 0.1) is 0 Å². The minimum absolute atomic E-state index is 0.00112. The molecule has 1 saturated heterocycles. The molecule has 3 atom stereocenters. The molecule has 3 unspecified atom stereocenters. The second-order valence-electron chi connectivity index (χ2n) is 9.51. The second-order valence-corrected chi connectivity index (χ2v) is 9.51. The molecule has 0 spiro atoms. The van der Waals surface area contributed by atoms with Crippen LogP contribution in [0.25, 0.3) is 0 Å². The summed E-state index contributed by atoms with van der Waals surface area (Å²) < 4.78 is 22.9. The number of benzene rings is 2. The summed E-state index contributed by atoms with van der Waals surface area (Å²) in [5.41, 5.74) is 7.69. The number of nitrogens with two attached hydrogens (primary N) is 1. The van der Waals surface area contributed by atoms with Crippen molar-refractivity contribution in [2.45, 2.75) is 70.5 Å². The molecule has 2 aromatic carbocycles. The minimum atomic E-state index is -0.810. The molecule has 3 rings (SSSR count). The van der Waals surface area contributed by atoms with Crippen LogP contribution in [0.1, 0.15) is 51.7 Å². The molecule has 1 fully saturated rings. The Hall–Kier alpha value is -2.12. The van der Waals surface area contributed by atoms with Gasteiger partial charge in [-0.2, -0.15) is 0 Å². The molecule has 176 valence electrons. The van der Waals surface area contributed by atoms with Crippen LogP contribution in [0.3, 0.4) is 0 Å². The predicted octanol–water partition coefficient (Wildman–Crippen LogP) is 4.06. The normalized spacial score (nSPS) is 18.6. The average molecular weight is 444 g/mol. The number of aliphatic hydroxyl groups excluding tert-OH is 1. The van der Waals surface area contributed by atoms with Crippen LogP contribution in [0.4, 0.5) is 0 Å². The Kier molecular flexibility index (Phi) is 8.17. The smallest absolute Gasteiger partial charge is 0.157 e. The molecule has 6 heteroatoms. The van der Waals surface area contributed by atoms with Crippen LogP contribution in [0.15, 0.2) is 48.5 Å². The third kappa shape index (κ3) is 8.43. The first kappa shape index (κ1) is 24.5. The van der Waals surface area contributed by atoms with E-state index >= 15 is 0 Å². The first-order valence-electron chi connectivity index (χ1n) is 11.3. The number of epoxide rings is 1. The first-order valence-corrected chi connectivity index (χ1v) is 11.3. The van der Waals surface area contributed by atoms with E-state index in [0.717, 1.165) is 30.9 Å². The van der Waals surface area contributed by atoms with E-state index in [1.54, 1.807) is 0 Å². The van der Waals surface area contributed by atoms with Crippen molar-refractivity contribution in [1.29, 1.82) is 0 Å². The van der Waals surface area contributed by atoms with Crippen LogP contribution in [0.2, 0.25) is 0 Å². The van der Waals surface area contributed by atoms with Crippen molar-refractivity contribution in [1.82, 2.24) is 0 Å². The molecule has 0 aliphatic carbocycles. The van der Waals surface area contributed by atoms with Gasteiger partial charge in [0.2, 0.25) is 0 Å². The zero-order chi connectivity index (χ0) is 23.2. The lowest BCUT2D eigenvalue weighted by atomic mass is 10.0. The van der Waals surface area contributed by atoms with E-state index in [-0.39, 0.29) is 18.3 Å². The standard InChI is InChI=1S/C26H37NO5/c1-19(17-28)31-22-9-5-20(6-10-22)15-21-7-11-23(12-8-21)32-26(4,27)13-14-30-25(2,3)16-24-18-29-24/h5-12,19,24,28H,13-18,27H2,1-4H3. The number of hydrogen-bond acceptors (Lipinski definition) is 6. The molecular weight excluding hydrogens is 406 g/mol. The molecule has 0 bridgehead atoms. The van der Waals surface area contributed by atoms with E-state index in [1.807, 2.05) is 50.2 Å². The van der Waals surface area contributed by atoms with E-state index < -0.39 is 5.72 Å². The highest BCUT2D eigenvalue weighted by Gasteiger charge is 2.32. The van der Waals surface area contributed by atoms with Gasteiger partial charge < -0.3 is 24.1 Å². The monoisotopic (exact) mass is 443 g/mol. The summed E-state index contributed by atoms with van der Waals surface area (Å²) in [7, 11) is 0. The molecule has 0 saturated carbocycles. The Balaban J connectivity index is 1.45. The van der Waals surface area contributed by atoms with Gasteiger partial charge in [0.15, 0.2) is 5.72 Å². The summed E-state index contributed by atoms with van der Waals surface area (Å²) in [4.78, 5) is 0. The van der Waals surface area contributed by atoms with E-state index in [4.69, 9.17) is 29.8 Å². The molecule has 3 N–H and O–H groups in total.